The number of carbonyl (C=O) groups is 4. The molecule has 3 N–H and O–H groups in total. The lowest BCUT2D eigenvalue weighted by Gasteiger charge is -2.30. The van der Waals surface area contributed by atoms with E-state index in [1.165, 1.54) is 12.1 Å². The van der Waals surface area contributed by atoms with Gasteiger partial charge in [-0.25, -0.2) is 0 Å². The van der Waals surface area contributed by atoms with E-state index in [0.29, 0.717) is 24.2 Å². The number of imide groups is 2. The van der Waals surface area contributed by atoms with E-state index < -0.39 is 46.9 Å². The first kappa shape index (κ1) is 29.3. The molecule has 1 atom stereocenters. The number of hydrogen-bond acceptors (Lipinski definition) is 6. The molecule has 212 valence electrons. The number of rotatable bonds is 8. The maximum atomic E-state index is 13.0. The number of benzene rings is 2. The highest BCUT2D eigenvalue weighted by Crippen LogP contribution is 2.35. The molecule has 0 bridgehead atoms. The van der Waals surface area contributed by atoms with Gasteiger partial charge in [0, 0.05) is 23.7 Å². The molecular weight excluding hydrogens is 549 g/mol. The molecule has 2 aliphatic heterocycles. The largest absolute Gasteiger partial charge is 0.417 e. The number of carbonyl (C=O) groups excluding carboxylic acids is 4. The van der Waals surface area contributed by atoms with E-state index in [9.17, 15) is 32.3 Å². The number of aryl methyl sites for hydroxylation is 1. The summed E-state index contributed by atoms with van der Waals surface area (Å²) < 4.78 is 38.9. The molecule has 2 aliphatic rings. The second-order valence-electron chi connectivity index (χ2n) is 10.3. The number of nitrogens with zero attached hydrogens (tertiary/aromatic N) is 1. The Balaban J connectivity index is 1.43. The van der Waals surface area contributed by atoms with Crippen LogP contribution in [-0.2, 0) is 37.3 Å². The Morgan fingerprint density at radius 2 is 1.77 bits per heavy atom. The van der Waals surface area contributed by atoms with Crippen LogP contribution in [0.15, 0.2) is 48.2 Å². The third-order valence-electron chi connectivity index (χ3n) is 6.99. The summed E-state index contributed by atoms with van der Waals surface area (Å²) in [4.78, 5) is 50.1. The number of amides is 4. The first-order valence-electron chi connectivity index (χ1n) is 12.6. The van der Waals surface area contributed by atoms with E-state index in [2.05, 4.69) is 16.0 Å². The van der Waals surface area contributed by atoms with Crippen molar-refractivity contribution in [3.63, 3.8) is 0 Å². The zero-order valence-corrected chi connectivity index (χ0v) is 22.8. The Labute approximate surface area is 233 Å². The number of piperidine rings is 1. The molecule has 12 heteroatoms. The highest BCUT2D eigenvalue weighted by atomic mass is 35.5. The fourth-order valence-corrected chi connectivity index (χ4v) is 5.20. The van der Waals surface area contributed by atoms with E-state index in [1.807, 2.05) is 32.9 Å². The molecule has 1 unspecified atom stereocenters. The molecule has 0 aromatic heterocycles. The van der Waals surface area contributed by atoms with Crippen molar-refractivity contribution in [1.29, 1.82) is 0 Å². The van der Waals surface area contributed by atoms with Crippen LogP contribution in [0.25, 0.3) is 0 Å². The summed E-state index contributed by atoms with van der Waals surface area (Å²) in [6.45, 7) is 6.28. The van der Waals surface area contributed by atoms with Gasteiger partial charge in [-0.05, 0) is 81.1 Å². The number of alkyl halides is 3. The molecule has 2 aromatic rings. The minimum Gasteiger partial charge on any atom is -0.351 e. The van der Waals surface area contributed by atoms with Crippen LogP contribution in [0.4, 0.5) is 18.9 Å². The highest BCUT2D eigenvalue weighted by Gasteiger charge is 2.42. The van der Waals surface area contributed by atoms with Gasteiger partial charge in [-0.15, -0.1) is 0 Å². The molecule has 0 radical (unpaired) electrons. The fraction of sp³-hybridized carbons (Fsp3) is 0.357. The summed E-state index contributed by atoms with van der Waals surface area (Å²) in [7, 11) is 0. The molecule has 0 saturated carbocycles. The second-order valence-corrected chi connectivity index (χ2v) is 10.7. The van der Waals surface area contributed by atoms with E-state index >= 15 is 0 Å². The number of hydrogen-bond donors (Lipinski definition) is 3. The van der Waals surface area contributed by atoms with E-state index in [1.54, 1.807) is 6.07 Å². The fourth-order valence-electron chi connectivity index (χ4n) is 4.88. The Morgan fingerprint density at radius 1 is 1.05 bits per heavy atom. The normalized spacial score (nSPS) is 18.2. The number of nitrogens with one attached hydrogen (secondary N) is 3. The van der Waals surface area contributed by atoms with Crippen LogP contribution < -0.4 is 16.0 Å². The molecule has 40 heavy (non-hydrogen) atoms. The molecule has 0 aliphatic carbocycles. The zero-order valence-electron chi connectivity index (χ0n) is 22.0. The average molecular weight is 577 g/mol. The smallest absolute Gasteiger partial charge is 0.351 e. The molecule has 1 fully saturated rings. The maximum absolute atomic E-state index is 13.0. The van der Waals surface area contributed by atoms with Crippen molar-refractivity contribution in [2.75, 3.05) is 11.9 Å². The lowest BCUT2D eigenvalue weighted by Crippen LogP contribution is -2.54. The number of halogens is 4. The molecule has 8 nitrogen and oxygen atoms in total. The molecule has 1 saturated heterocycles. The van der Waals surface area contributed by atoms with E-state index in [4.69, 9.17) is 11.6 Å². The van der Waals surface area contributed by atoms with Crippen LogP contribution in [-0.4, -0.2) is 41.1 Å². The Morgan fingerprint density at radius 3 is 2.42 bits per heavy atom. The Bertz CT molecular complexity index is 1420. The molecule has 2 heterocycles. The molecule has 4 rings (SSSR count). The van der Waals surface area contributed by atoms with Gasteiger partial charge in [-0.3, -0.25) is 29.4 Å². The van der Waals surface area contributed by atoms with Crippen molar-refractivity contribution >= 4 is 40.9 Å². The Kier molecular flexibility index (Phi) is 8.09. The summed E-state index contributed by atoms with van der Waals surface area (Å²) in [6, 6.07) is 8.11. The topological polar surface area (TPSA) is 108 Å². The summed E-state index contributed by atoms with van der Waals surface area (Å²) in [5.74, 6) is -2.43. The standard InChI is InChI=1S/C28H28ClF3N4O4/c1-15-4-6-17(34-21-14-24(38)36(26(21)40)22-8-9-23(37)35-25(22)39)13-19(15)27(2,3)33-11-10-16-5-7-18(20(29)12-16)28(30,31)32/h4-7,12-14,22,33-34H,8-11H2,1-3H3,(H,35,37,39). The van der Waals surface area contributed by atoms with Crippen molar-refractivity contribution in [3.05, 3.63) is 75.4 Å². The molecule has 4 amide bonds. The average Bonchev–Trinajstić information content (AvgIpc) is 3.12. The van der Waals surface area contributed by atoms with Crippen LogP contribution in [0.5, 0.6) is 0 Å². The maximum Gasteiger partial charge on any atom is 0.417 e. The van der Waals surface area contributed by atoms with Crippen LogP contribution in [0, 0.1) is 6.92 Å². The molecule has 2 aromatic carbocycles. The minimum absolute atomic E-state index is 0.00875. The SMILES string of the molecule is Cc1ccc(NC2=CC(=O)N(C3CCC(=O)NC3=O)C2=O)cc1C(C)(C)NCCc1ccc(C(F)(F)F)c(Cl)c1. The van der Waals surface area contributed by atoms with Gasteiger partial charge < -0.3 is 10.6 Å². The van der Waals surface area contributed by atoms with Gasteiger partial charge in [0.25, 0.3) is 11.8 Å². The lowest BCUT2D eigenvalue weighted by atomic mass is 9.89. The number of anilines is 1. The van der Waals surface area contributed by atoms with Crippen LogP contribution in [0.3, 0.4) is 0 Å². The molecule has 0 spiro atoms. The van der Waals surface area contributed by atoms with Gasteiger partial charge in [0.2, 0.25) is 11.8 Å². The first-order valence-corrected chi connectivity index (χ1v) is 13.0. The predicted octanol–water partition coefficient (Wildman–Crippen LogP) is 4.20. The summed E-state index contributed by atoms with van der Waals surface area (Å²) in [6.07, 6.45) is -2.84. The zero-order chi connectivity index (χ0) is 29.4. The third kappa shape index (κ3) is 6.20. The monoisotopic (exact) mass is 576 g/mol. The van der Waals surface area contributed by atoms with Gasteiger partial charge in [0.1, 0.15) is 11.7 Å². The highest BCUT2D eigenvalue weighted by molar-refractivity contribution is 6.31. The predicted molar refractivity (Wildman–Crippen MR) is 142 cm³/mol. The molecular formula is C28H28ClF3N4O4. The van der Waals surface area contributed by atoms with Gasteiger partial charge in [-0.1, -0.05) is 23.7 Å². The van der Waals surface area contributed by atoms with Crippen LogP contribution in [0.1, 0.15) is 48.9 Å². The van der Waals surface area contributed by atoms with Crippen molar-refractivity contribution < 1.29 is 32.3 Å². The van der Waals surface area contributed by atoms with Gasteiger partial charge in [0.05, 0.1) is 10.6 Å². The van der Waals surface area contributed by atoms with Crippen LogP contribution in [0.2, 0.25) is 5.02 Å². The first-order chi connectivity index (χ1) is 18.7. The van der Waals surface area contributed by atoms with E-state index in [-0.39, 0.29) is 23.6 Å². The van der Waals surface area contributed by atoms with Gasteiger partial charge in [0.15, 0.2) is 0 Å². The second kappa shape index (κ2) is 11.1. The lowest BCUT2D eigenvalue weighted by molar-refractivity contribution is -0.149. The van der Waals surface area contributed by atoms with Crippen LogP contribution >= 0.6 is 11.6 Å². The van der Waals surface area contributed by atoms with Gasteiger partial charge >= 0.3 is 6.18 Å². The Hall–Kier alpha value is -3.70. The summed E-state index contributed by atoms with van der Waals surface area (Å²) in [5.41, 5.74) is 1.61. The summed E-state index contributed by atoms with van der Waals surface area (Å²) in [5, 5.41) is 8.20. The quantitative estimate of drug-likeness (QED) is 0.407. The minimum atomic E-state index is -4.51. The van der Waals surface area contributed by atoms with Crippen molar-refractivity contribution in [3.8, 4) is 0 Å². The van der Waals surface area contributed by atoms with E-state index in [0.717, 1.165) is 28.2 Å². The summed E-state index contributed by atoms with van der Waals surface area (Å²) >= 11 is 5.84. The van der Waals surface area contributed by atoms with Crippen molar-refractivity contribution in [1.82, 2.24) is 15.5 Å². The van der Waals surface area contributed by atoms with Crippen molar-refractivity contribution in [2.45, 2.75) is 57.8 Å². The third-order valence-corrected chi connectivity index (χ3v) is 7.30. The van der Waals surface area contributed by atoms with Gasteiger partial charge in [-0.2, -0.15) is 13.2 Å². The van der Waals surface area contributed by atoms with Crippen molar-refractivity contribution in [2.24, 2.45) is 0 Å².